The normalized spacial score (nSPS) is 21.0. The number of nitrogens with one attached hydrogen (secondary N) is 2. The standard InChI is InChI=1S/C14H16N2O4/c17-13(16-10-3-1-2-6-15-14(10)18)9-4-5-11-12(7-9)20-8-19-11/h4-5,7,10H,1-3,6,8H2,(H,15,18)(H,16,17). The van der Waals surface area contributed by atoms with Crippen LogP contribution in [0.5, 0.6) is 11.5 Å². The lowest BCUT2D eigenvalue weighted by molar-refractivity contribution is -0.122. The maximum atomic E-state index is 12.2. The molecule has 2 amide bonds. The van der Waals surface area contributed by atoms with Crippen LogP contribution in [0.1, 0.15) is 29.6 Å². The van der Waals surface area contributed by atoms with Gasteiger partial charge in [0.25, 0.3) is 5.91 Å². The number of rotatable bonds is 2. The van der Waals surface area contributed by atoms with E-state index in [1.807, 2.05) is 0 Å². The van der Waals surface area contributed by atoms with E-state index in [0.717, 1.165) is 12.8 Å². The Morgan fingerprint density at radius 3 is 3.00 bits per heavy atom. The average molecular weight is 276 g/mol. The molecule has 0 saturated carbocycles. The van der Waals surface area contributed by atoms with Crippen molar-refractivity contribution >= 4 is 11.8 Å². The lowest BCUT2D eigenvalue weighted by Gasteiger charge is -2.15. The van der Waals surface area contributed by atoms with Gasteiger partial charge in [-0.3, -0.25) is 9.59 Å². The van der Waals surface area contributed by atoms with Gasteiger partial charge in [-0.05, 0) is 37.5 Å². The summed E-state index contributed by atoms with van der Waals surface area (Å²) >= 11 is 0. The number of benzene rings is 1. The number of hydrogen-bond donors (Lipinski definition) is 2. The van der Waals surface area contributed by atoms with Crippen LogP contribution in [0, 0.1) is 0 Å². The first kappa shape index (κ1) is 12.8. The minimum Gasteiger partial charge on any atom is -0.454 e. The predicted octanol–water partition coefficient (Wildman–Crippen LogP) is 0.814. The van der Waals surface area contributed by atoms with Gasteiger partial charge in [0.2, 0.25) is 12.7 Å². The van der Waals surface area contributed by atoms with Crippen LogP contribution >= 0.6 is 0 Å². The quantitative estimate of drug-likeness (QED) is 0.838. The monoisotopic (exact) mass is 276 g/mol. The minimum atomic E-state index is -0.463. The molecule has 0 bridgehead atoms. The predicted molar refractivity (Wildman–Crippen MR) is 70.7 cm³/mol. The zero-order chi connectivity index (χ0) is 13.9. The number of carbonyl (C=O) groups excluding carboxylic acids is 2. The van der Waals surface area contributed by atoms with Gasteiger partial charge in [-0.1, -0.05) is 0 Å². The van der Waals surface area contributed by atoms with Gasteiger partial charge in [0, 0.05) is 12.1 Å². The smallest absolute Gasteiger partial charge is 0.252 e. The molecule has 2 aliphatic heterocycles. The fourth-order valence-corrected chi connectivity index (χ4v) is 2.36. The molecule has 2 heterocycles. The van der Waals surface area contributed by atoms with Crippen LogP contribution in [0.2, 0.25) is 0 Å². The maximum Gasteiger partial charge on any atom is 0.252 e. The highest BCUT2D eigenvalue weighted by atomic mass is 16.7. The second-order valence-electron chi connectivity index (χ2n) is 4.88. The molecule has 0 aromatic heterocycles. The van der Waals surface area contributed by atoms with Crippen LogP contribution in [0.25, 0.3) is 0 Å². The molecule has 0 aliphatic carbocycles. The molecule has 0 radical (unpaired) electrons. The fraction of sp³-hybridized carbons (Fsp3) is 0.429. The first-order valence-electron chi connectivity index (χ1n) is 6.72. The highest BCUT2D eigenvalue weighted by molar-refractivity contribution is 5.98. The van der Waals surface area contributed by atoms with Crippen molar-refractivity contribution in [3.63, 3.8) is 0 Å². The van der Waals surface area contributed by atoms with Crippen molar-refractivity contribution in [1.29, 1.82) is 0 Å². The highest BCUT2D eigenvalue weighted by Gasteiger charge is 2.24. The Morgan fingerprint density at radius 1 is 1.25 bits per heavy atom. The summed E-state index contributed by atoms with van der Waals surface area (Å²) in [4.78, 5) is 24.0. The van der Waals surface area contributed by atoms with Crippen molar-refractivity contribution in [2.45, 2.75) is 25.3 Å². The van der Waals surface area contributed by atoms with Crippen LogP contribution in [0.15, 0.2) is 18.2 Å². The summed E-state index contributed by atoms with van der Waals surface area (Å²) in [5.74, 6) is 0.804. The lowest BCUT2D eigenvalue weighted by Crippen LogP contribution is -2.45. The van der Waals surface area contributed by atoms with E-state index in [2.05, 4.69) is 10.6 Å². The zero-order valence-corrected chi connectivity index (χ0v) is 11.0. The molecular formula is C14H16N2O4. The average Bonchev–Trinajstić information content (AvgIpc) is 2.83. The second kappa shape index (κ2) is 5.40. The minimum absolute atomic E-state index is 0.114. The van der Waals surface area contributed by atoms with Gasteiger partial charge >= 0.3 is 0 Å². The van der Waals surface area contributed by atoms with Crippen molar-refractivity contribution in [1.82, 2.24) is 10.6 Å². The van der Waals surface area contributed by atoms with Crippen LogP contribution in [0.3, 0.4) is 0 Å². The summed E-state index contributed by atoms with van der Waals surface area (Å²) in [5, 5.41) is 5.56. The van der Waals surface area contributed by atoms with Crippen molar-refractivity contribution in [2.24, 2.45) is 0 Å². The van der Waals surface area contributed by atoms with E-state index >= 15 is 0 Å². The van der Waals surface area contributed by atoms with Crippen LogP contribution in [0.4, 0.5) is 0 Å². The van der Waals surface area contributed by atoms with E-state index < -0.39 is 6.04 Å². The topological polar surface area (TPSA) is 76.7 Å². The molecule has 6 heteroatoms. The van der Waals surface area contributed by atoms with E-state index in [1.54, 1.807) is 18.2 Å². The fourth-order valence-electron chi connectivity index (χ4n) is 2.36. The van der Waals surface area contributed by atoms with Gasteiger partial charge in [0.1, 0.15) is 6.04 Å². The second-order valence-corrected chi connectivity index (χ2v) is 4.88. The molecule has 20 heavy (non-hydrogen) atoms. The third kappa shape index (κ3) is 2.54. The van der Waals surface area contributed by atoms with Gasteiger partial charge in [0.05, 0.1) is 0 Å². The molecular weight excluding hydrogens is 260 g/mol. The Balaban J connectivity index is 1.71. The molecule has 1 saturated heterocycles. The molecule has 1 unspecified atom stereocenters. The summed E-state index contributed by atoms with van der Waals surface area (Å²) < 4.78 is 10.4. The SMILES string of the molecule is O=C(NC1CCCCNC1=O)c1ccc2c(c1)OCO2. The Hall–Kier alpha value is -2.24. The Labute approximate surface area is 116 Å². The third-order valence-corrected chi connectivity index (χ3v) is 3.48. The highest BCUT2D eigenvalue weighted by Crippen LogP contribution is 2.32. The van der Waals surface area contributed by atoms with E-state index in [9.17, 15) is 9.59 Å². The molecule has 1 aromatic rings. The number of amides is 2. The van der Waals surface area contributed by atoms with E-state index in [0.29, 0.717) is 30.0 Å². The molecule has 2 N–H and O–H groups in total. The van der Waals surface area contributed by atoms with Gasteiger partial charge in [0.15, 0.2) is 11.5 Å². The van der Waals surface area contributed by atoms with E-state index in [1.165, 1.54) is 0 Å². The largest absolute Gasteiger partial charge is 0.454 e. The summed E-state index contributed by atoms with van der Waals surface area (Å²) in [6, 6.07) is 4.53. The Kier molecular flexibility index (Phi) is 3.45. The number of ether oxygens (including phenoxy) is 2. The van der Waals surface area contributed by atoms with E-state index in [-0.39, 0.29) is 18.6 Å². The van der Waals surface area contributed by atoms with Crippen molar-refractivity contribution < 1.29 is 19.1 Å². The molecule has 3 rings (SSSR count). The summed E-state index contributed by atoms with van der Waals surface area (Å²) in [7, 11) is 0. The van der Waals surface area contributed by atoms with Crippen molar-refractivity contribution in [3.8, 4) is 11.5 Å². The van der Waals surface area contributed by atoms with Crippen molar-refractivity contribution in [3.05, 3.63) is 23.8 Å². The molecule has 6 nitrogen and oxygen atoms in total. The van der Waals surface area contributed by atoms with Gasteiger partial charge in [-0.25, -0.2) is 0 Å². The van der Waals surface area contributed by atoms with Crippen LogP contribution in [-0.4, -0.2) is 31.2 Å². The molecule has 1 atom stereocenters. The summed E-state index contributed by atoms with van der Waals surface area (Å²) in [5.41, 5.74) is 0.464. The first-order chi connectivity index (χ1) is 9.74. The molecule has 1 aromatic carbocycles. The van der Waals surface area contributed by atoms with E-state index in [4.69, 9.17) is 9.47 Å². The molecule has 0 spiro atoms. The summed E-state index contributed by atoms with van der Waals surface area (Å²) in [6.07, 6.45) is 2.54. The van der Waals surface area contributed by atoms with Crippen molar-refractivity contribution in [2.75, 3.05) is 13.3 Å². The molecule has 1 fully saturated rings. The first-order valence-corrected chi connectivity index (χ1v) is 6.72. The maximum absolute atomic E-state index is 12.2. The molecule has 2 aliphatic rings. The van der Waals surface area contributed by atoms with Gasteiger partial charge < -0.3 is 20.1 Å². The number of fused-ring (bicyclic) bond motifs is 1. The van der Waals surface area contributed by atoms with Crippen LogP contribution < -0.4 is 20.1 Å². The van der Waals surface area contributed by atoms with Crippen LogP contribution in [-0.2, 0) is 4.79 Å². The van der Waals surface area contributed by atoms with Gasteiger partial charge in [-0.2, -0.15) is 0 Å². The Morgan fingerprint density at radius 2 is 2.10 bits per heavy atom. The Bertz CT molecular complexity index is 544. The lowest BCUT2D eigenvalue weighted by atomic mass is 10.1. The number of hydrogen-bond acceptors (Lipinski definition) is 4. The van der Waals surface area contributed by atoms with Gasteiger partial charge in [-0.15, -0.1) is 0 Å². The summed E-state index contributed by atoms with van der Waals surface area (Å²) in [6.45, 7) is 0.848. The number of carbonyl (C=O) groups is 2. The third-order valence-electron chi connectivity index (χ3n) is 3.48. The zero-order valence-electron chi connectivity index (χ0n) is 11.0. The molecule has 106 valence electrons.